The Bertz CT molecular complexity index is 255. The molecule has 0 saturated heterocycles. The molecule has 1 rings (SSSR count). The summed E-state index contributed by atoms with van der Waals surface area (Å²) in [5.41, 5.74) is 2.41. The zero-order valence-electron chi connectivity index (χ0n) is 8.33. The van der Waals surface area contributed by atoms with Crippen LogP contribution in [0.2, 0.25) is 0 Å². The first-order valence-electron chi connectivity index (χ1n) is 4.14. The molecule has 1 amide bonds. The number of hydrazone groups is 1. The maximum absolute atomic E-state index is 11.4. The molecule has 1 aliphatic rings. The average Bonchev–Trinajstić information content (AvgIpc) is 2.28. The van der Waals surface area contributed by atoms with Gasteiger partial charge in [0.25, 0.3) is 5.91 Å². The standard InChI is InChI=1S/C8H15N3O2/c1-8(2,3)6-5(10-13)7(12)11(4)9-6/h5,10,13H,1-4H3. The Morgan fingerprint density at radius 1 is 1.54 bits per heavy atom. The van der Waals surface area contributed by atoms with Crippen LogP contribution in [0.3, 0.4) is 0 Å². The first kappa shape index (κ1) is 10.1. The van der Waals surface area contributed by atoms with Crippen molar-refractivity contribution in [2.24, 2.45) is 10.5 Å². The van der Waals surface area contributed by atoms with Crippen LogP contribution in [0.5, 0.6) is 0 Å². The molecule has 74 valence electrons. The summed E-state index contributed by atoms with van der Waals surface area (Å²) in [5.74, 6) is -0.229. The highest BCUT2D eigenvalue weighted by molar-refractivity contribution is 6.13. The third-order valence-corrected chi connectivity index (χ3v) is 1.99. The lowest BCUT2D eigenvalue weighted by Crippen LogP contribution is -2.45. The number of hydrogen-bond donors (Lipinski definition) is 2. The van der Waals surface area contributed by atoms with Gasteiger partial charge in [-0.25, -0.2) is 5.01 Å². The largest absolute Gasteiger partial charge is 0.316 e. The van der Waals surface area contributed by atoms with E-state index in [2.05, 4.69) is 5.10 Å². The summed E-state index contributed by atoms with van der Waals surface area (Å²) in [5, 5.41) is 14.1. The maximum atomic E-state index is 11.4. The van der Waals surface area contributed by atoms with Crippen LogP contribution in [0.15, 0.2) is 5.10 Å². The number of carbonyl (C=O) groups is 1. The van der Waals surface area contributed by atoms with E-state index < -0.39 is 6.04 Å². The molecule has 0 aromatic carbocycles. The van der Waals surface area contributed by atoms with Gasteiger partial charge in [-0.05, 0) is 0 Å². The van der Waals surface area contributed by atoms with E-state index in [1.807, 2.05) is 26.3 Å². The Morgan fingerprint density at radius 3 is 2.38 bits per heavy atom. The first-order valence-corrected chi connectivity index (χ1v) is 4.14. The van der Waals surface area contributed by atoms with E-state index in [-0.39, 0.29) is 11.3 Å². The van der Waals surface area contributed by atoms with Crippen LogP contribution in [0.1, 0.15) is 20.8 Å². The van der Waals surface area contributed by atoms with Crippen molar-refractivity contribution in [1.82, 2.24) is 10.5 Å². The van der Waals surface area contributed by atoms with Crippen molar-refractivity contribution in [2.75, 3.05) is 7.05 Å². The zero-order chi connectivity index (χ0) is 10.2. The monoisotopic (exact) mass is 185 g/mol. The number of nitrogens with zero attached hydrogens (tertiary/aromatic N) is 2. The minimum absolute atomic E-state index is 0.221. The third-order valence-electron chi connectivity index (χ3n) is 1.99. The third kappa shape index (κ3) is 1.71. The van der Waals surface area contributed by atoms with Crippen molar-refractivity contribution in [2.45, 2.75) is 26.8 Å². The second-order valence-corrected chi connectivity index (χ2v) is 4.16. The van der Waals surface area contributed by atoms with Crippen LogP contribution >= 0.6 is 0 Å². The lowest BCUT2D eigenvalue weighted by molar-refractivity contribution is -0.130. The Labute approximate surface area is 77.4 Å². The Hall–Kier alpha value is -0.940. The first-order chi connectivity index (χ1) is 5.88. The fraction of sp³-hybridized carbons (Fsp3) is 0.750. The molecule has 0 fully saturated rings. The number of hydroxylamine groups is 1. The second-order valence-electron chi connectivity index (χ2n) is 4.16. The van der Waals surface area contributed by atoms with Crippen LogP contribution in [0.25, 0.3) is 0 Å². The van der Waals surface area contributed by atoms with Gasteiger partial charge >= 0.3 is 0 Å². The van der Waals surface area contributed by atoms with E-state index in [9.17, 15) is 4.79 Å². The molecule has 1 heterocycles. The van der Waals surface area contributed by atoms with Crippen LogP contribution in [0, 0.1) is 5.41 Å². The molecule has 0 aromatic heterocycles. The van der Waals surface area contributed by atoms with Crippen LogP contribution in [-0.2, 0) is 4.79 Å². The van der Waals surface area contributed by atoms with Crippen LogP contribution < -0.4 is 5.48 Å². The molecular formula is C8H15N3O2. The van der Waals surface area contributed by atoms with Crippen molar-refractivity contribution < 1.29 is 10.0 Å². The second kappa shape index (κ2) is 3.08. The topological polar surface area (TPSA) is 64.9 Å². The van der Waals surface area contributed by atoms with Gasteiger partial charge in [0.15, 0.2) is 6.04 Å². The van der Waals surface area contributed by atoms with Crippen molar-refractivity contribution in [3.8, 4) is 0 Å². The summed E-state index contributed by atoms with van der Waals surface area (Å²) in [6, 6.07) is -0.690. The van der Waals surface area contributed by atoms with Gasteiger partial charge in [0.1, 0.15) is 0 Å². The van der Waals surface area contributed by atoms with Gasteiger partial charge in [-0.15, -0.1) is 0 Å². The highest BCUT2D eigenvalue weighted by atomic mass is 16.5. The fourth-order valence-corrected chi connectivity index (χ4v) is 1.27. The molecule has 5 nitrogen and oxygen atoms in total. The van der Waals surface area contributed by atoms with Gasteiger partial charge < -0.3 is 5.21 Å². The summed E-state index contributed by atoms with van der Waals surface area (Å²) >= 11 is 0. The molecule has 1 aliphatic heterocycles. The van der Waals surface area contributed by atoms with Gasteiger partial charge in [0.2, 0.25) is 0 Å². The SMILES string of the molecule is CN1N=C(C(C)(C)C)C(NO)C1=O. The zero-order valence-corrected chi connectivity index (χ0v) is 8.33. The van der Waals surface area contributed by atoms with E-state index in [1.54, 1.807) is 7.05 Å². The Morgan fingerprint density at radius 2 is 2.08 bits per heavy atom. The molecular weight excluding hydrogens is 170 g/mol. The molecule has 0 spiro atoms. The molecule has 5 heteroatoms. The number of likely N-dealkylation sites (N-methyl/N-ethyl adjacent to an activating group) is 1. The van der Waals surface area contributed by atoms with Crippen molar-refractivity contribution in [3.63, 3.8) is 0 Å². The van der Waals surface area contributed by atoms with E-state index >= 15 is 0 Å². The summed E-state index contributed by atoms with van der Waals surface area (Å²) in [6.45, 7) is 5.84. The Kier molecular flexibility index (Phi) is 2.40. The molecule has 0 saturated carbocycles. The van der Waals surface area contributed by atoms with Crippen LogP contribution in [0.4, 0.5) is 0 Å². The van der Waals surface area contributed by atoms with E-state index in [0.717, 1.165) is 0 Å². The van der Waals surface area contributed by atoms with Gasteiger partial charge in [-0.1, -0.05) is 20.8 Å². The number of carbonyl (C=O) groups excluding carboxylic acids is 1. The van der Waals surface area contributed by atoms with Crippen molar-refractivity contribution in [3.05, 3.63) is 0 Å². The summed E-state index contributed by atoms with van der Waals surface area (Å²) in [6.07, 6.45) is 0. The van der Waals surface area contributed by atoms with Crippen molar-refractivity contribution in [1.29, 1.82) is 0 Å². The summed E-state index contributed by atoms with van der Waals surface area (Å²) in [4.78, 5) is 11.4. The van der Waals surface area contributed by atoms with Crippen molar-refractivity contribution >= 4 is 11.6 Å². The van der Waals surface area contributed by atoms with E-state index in [1.165, 1.54) is 5.01 Å². The maximum Gasteiger partial charge on any atom is 0.267 e. The predicted molar refractivity (Wildman–Crippen MR) is 48.4 cm³/mol. The fourth-order valence-electron chi connectivity index (χ4n) is 1.27. The number of hydrogen-bond acceptors (Lipinski definition) is 4. The quantitative estimate of drug-likeness (QED) is 0.574. The van der Waals surface area contributed by atoms with Gasteiger partial charge in [-0.3, -0.25) is 4.79 Å². The number of amides is 1. The average molecular weight is 185 g/mol. The highest BCUT2D eigenvalue weighted by Crippen LogP contribution is 2.23. The molecule has 0 bridgehead atoms. The summed E-state index contributed by atoms with van der Waals surface area (Å²) in [7, 11) is 1.57. The van der Waals surface area contributed by atoms with E-state index in [4.69, 9.17) is 5.21 Å². The van der Waals surface area contributed by atoms with E-state index in [0.29, 0.717) is 5.71 Å². The Balaban J connectivity index is 2.97. The van der Waals surface area contributed by atoms with Gasteiger partial charge in [0, 0.05) is 12.5 Å². The predicted octanol–water partition coefficient (Wildman–Crippen LogP) is 0.208. The molecule has 0 aliphatic carbocycles. The smallest absolute Gasteiger partial charge is 0.267 e. The minimum atomic E-state index is -0.690. The molecule has 0 aromatic rings. The lowest BCUT2D eigenvalue weighted by atomic mass is 9.86. The lowest BCUT2D eigenvalue weighted by Gasteiger charge is -2.21. The van der Waals surface area contributed by atoms with Gasteiger partial charge in [-0.2, -0.15) is 10.6 Å². The number of rotatable bonds is 1. The highest BCUT2D eigenvalue weighted by Gasteiger charge is 2.39. The molecule has 1 atom stereocenters. The van der Waals surface area contributed by atoms with Crippen LogP contribution in [-0.4, -0.2) is 34.9 Å². The minimum Gasteiger partial charge on any atom is -0.316 e. The molecule has 0 radical (unpaired) electrons. The molecule has 13 heavy (non-hydrogen) atoms. The molecule has 2 N–H and O–H groups in total. The molecule has 1 unspecified atom stereocenters. The number of nitrogens with one attached hydrogen (secondary N) is 1. The summed E-state index contributed by atoms with van der Waals surface area (Å²) < 4.78 is 0. The van der Waals surface area contributed by atoms with Gasteiger partial charge in [0.05, 0.1) is 5.71 Å². The normalized spacial score (nSPS) is 23.8.